The molecule has 0 aliphatic heterocycles. The van der Waals surface area contributed by atoms with Crippen molar-refractivity contribution in [1.29, 1.82) is 0 Å². The number of aromatic nitrogens is 2. The van der Waals surface area contributed by atoms with Crippen LogP contribution in [0.15, 0.2) is 48.0 Å². The van der Waals surface area contributed by atoms with Crippen molar-refractivity contribution in [2.24, 2.45) is 10.8 Å². The van der Waals surface area contributed by atoms with Gasteiger partial charge in [0.2, 0.25) is 0 Å². The van der Waals surface area contributed by atoms with Crippen LogP contribution in [-0.4, -0.2) is 20.9 Å². The number of benzene rings is 1. The van der Waals surface area contributed by atoms with Crippen LogP contribution in [0.25, 0.3) is 0 Å². The fourth-order valence-corrected chi connectivity index (χ4v) is 1.18. The number of nitrogens with zero attached hydrogens (tertiary/aromatic N) is 3. The summed E-state index contributed by atoms with van der Waals surface area (Å²) in [6.07, 6.45) is 4.58. The summed E-state index contributed by atoms with van der Waals surface area (Å²) in [5.41, 5.74) is 9.29. The highest BCUT2D eigenvalue weighted by molar-refractivity contribution is 5.95. The minimum absolute atomic E-state index is 0.100. The first-order chi connectivity index (χ1) is 8.27. The number of rotatable bonds is 3. The molecule has 1 heterocycles. The van der Waals surface area contributed by atoms with Gasteiger partial charge in [-0.15, -0.1) is 0 Å². The molecule has 0 atom stereocenters. The predicted octanol–water partition coefficient (Wildman–Crippen LogP) is 0.915. The van der Waals surface area contributed by atoms with Crippen LogP contribution in [0, 0.1) is 0 Å². The Morgan fingerprint density at radius 1 is 1.29 bits per heavy atom. The van der Waals surface area contributed by atoms with Gasteiger partial charge in [0.25, 0.3) is 0 Å². The molecule has 2 aromatic rings. The van der Waals surface area contributed by atoms with Gasteiger partial charge >= 0.3 is 0 Å². The maximum absolute atomic E-state index is 9.49. The number of nitrogens with one attached hydrogen (secondary N) is 1. The zero-order chi connectivity index (χ0) is 12.1. The zero-order valence-corrected chi connectivity index (χ0v) is 8.91. The summed E-state index contributed by atoms with van der Waals surface area (Å²) >= 11 is 0. The van der Waals surface area contributed by atoms with E-state index in [0.29, 0.717) is 11.4 Å². The molecule has 1 aromatic heterocycles. The van der Waals surface area contributed by atoms with Crippen LogP contribution < -0.4 is 11.2 Å². The van der Waals surface area contributed by atoms with E-state index in [4.69, 9.17) is 5.73 Å². The Hall–Kier alpha value is -2.63. The molecular formula is C11H11N5O. The van der Waals surface area contributed by atoms with Gasteiger partial charge in [-0.05, 0) is 12.1 Å². The van der Waals surface area contributed by atoms with Crippen molar-refractivity contribution in [3.63, 3.8) is 0 Å². The highest BCUT2D eigenvalue weighted by atomic mass is 16.3. The van der Waals surface area contributed by atoms with E-state index in [1.807, 2.05) is 0 Å². The van der Waals surface area contributed by atoms with Crippen LogP contribution in [0.2, 0.25) is 0 Å². The molecule has 0 unspecified atom stereocenters. The van der Waals surface area contributed by atoms with Crippen molar-refractivity contribution in [1.82, 2.24) is 9.97 Å². The summed E-state index contributed by atoms with van der Waals surface area (Å²) in [6.45, 7) is 0. The number of aromatic hydroxyl groups is 1. The molecule has 0 radical (unpaired) electrons. The van der Waals surface area contributed by atoms with Crippen molar-refractivity contribution in [3.05, 3.63) is 48.5 Å². The molecule has 0 amide bonds. The SMILES string of the molecule is N/C(=N\Nc1ccccc1O)c1cnccn1. The van der Waals surface area contributed by atoms with Gasteiger partial charge < -0.3 is 10.8 Å². The summed E-state index contributed by atoms with van der Waals surface area (Å²) < 4.78 is 0. The summed E-state index contributed by atoms with van der Waals surface area (Å²) in [5, 5.41) is 13.4. The van der Waals surface area contributed by atoms with Crippen LogP contribution in [0.3, 0.4) is 0 Å². The van der Waals surface area contributed by atoms with Crippen LogP contribution >= 0.6 is 0 Å². The molecule has 0 aliphatic rings. The molecule has 86 valence electrons. The van der Waals surface area contributed by atoms with Crippen molar-refractivity contribution in [3.8, 4) is 5.75 Å². The van der Waals surface area contributed by atoms with E-state index in [-0.39, 0.29) is 11.6 Å². The molecule has 6 heteroatoms. The average molecular weight is 229 g/mol. The number of anilines is 1. The van der Waals surface area contributed by atoms with E-state index in [1.165, 1.54) is 12.4 Å². The fraction of sp³-hybridized carbons (Fsp3) is 0. The number of hydrogen-bond donors (Lipinski definition) is 3. The third-order valence-electron chi connectivity index (χ3n) is 2.03. The maximum Gasteiger partial charge on any atom is 0.171 e. The monoisotopic (exact) mass is 229 g/mol. The zero-order valence-electron chi connectivity index (χ0n) is 8.91. The maximum atomic E-state index is 9.49. The molecule has 0 saturated heterocycles. The van der Waals surface area contributed by atoms with Gasteiger partial charge in [0, 0.05) is 12.4 Å². The molecule has 0 aliphatic carbocycles. The second-order valence-electron chi connectivity index (χ2n) is 3.22. The van der Waals surface area contributed by atoms with Crippen molar-refractivity contribution in [2.45, 2.75) is 0 Å². The Labute approximate surface area is 97.8 Å². The smallest absolute Gasteiger partial charge is 0.171 e. The van der Waals surface area contributed by atoms with Crippen LogP contribution in [0.5, 0.6) is 5.75 Å². The van der Waals surface area contributed by atoms with E-state index >= 15 is 0 Å². The van der Waals surface area contributed by atoms with Crippen LogP contribution in [0.1, 0.15) is 5.69 Å². The highest BCUT2D eigenvalue weighted by Crippen LogP contribution is 2.21. The van der Waals surface area contributed by atoms with E-state index in [0.717, 1.165) is 0 Å². The molecule has 1 aromatic carbocycles. The molecule has 0 fully saturated rings. The van der Waals surface area contributed by atoms with E-state index in [9.17, 15) is 5.11 Å². The fourth-order valence-electron chi connectivity index (χ4n) is 1.18. The number of phenols is 1. The molecule has 6 nitrogen and oxygen atoms in total. The molecule has 0 saturated carbocycles. The molecule has 2 rings (SSSR count). The molecule has 0 bridgehead atoms. The Balaban J connectivity index is 2.14. The minimum Gasteiger partial charge on any atom is -0.506 e. The standard InChI is InChI=1S/C11H11N5O/c12-11(9-7-13-5-6-14-9)16-15-8-3-1-2-4-10(8)17/h1-7,15,17H,(H2,12,16). The number of para-hydroxylation sites is 2. The Bertz CT molecular complexity index is 526. The summed E-state index contributed by atoms with van der Waals surface area (Å²) in [6, 6.07) is 6.73. The third-order valence-corrected chi connectivity index (χ3v) is 2.03. The van der Waals surface area contributed by atoms with Crippen molar-refractivity contribution >= 4 is 11.5 Å². The first-order valence-corrected chi connectivity index (χ1v) is 4.91. The van der Waals surface area contributed by atoms with Gasteiger partial charge in [-0.3, -0.25) is 10.4 Å². The Morgan fingerprint density at radius 2 is 2.12 bits per heavy atom. The van der Waals surface area contributed by atoms with Gasteiger partial charge in [0.15, 0.2) is 5.84 Å². The molecule has 0 spiro atoms. The lowest BCUT2D eigenvalue weighted by molar-refractivity contribution is 0.477. The van der Waals surface area contributed by atoms with E-state index in [2.05, 4.69) is 20.5 Å². The van der Waals surface area contributed by atoms with E-state index < -0.39 is 0 Å². The van der Waals surface area contributed by atoms with Crippen LogP contribution in [0.4, 0.5) is 5.69 Å². The van der Waals surface area contributed by atoms with Gasteiger partial charge in [0.05, 0.1) is 11.9 Å². The predicted molar refractivity (Wildman–Crippen MR) is 64.5 cm³/mol. The number of amidine groups is 1. The summed E-state index contributed by atoms with van der Waals surface area (Å²) in [7, 11) is 0. The number of hydrogen-bond acceptors (Lipinski definition) is 5. The Kier molecular flexibility index (Phi) is 3.15. The van der Waals surface area contributed by atoms with Crippen LogP contribution in [-0.2, 0) is 0 Å². The van der Waals surface area contributed by atoms with E-state index in [1.54, 1.807) is 30.5 Å². The number of phenolic OH excluding ortho intramolecular Hbond substituents is 1. The van der Waals surface area contributed by atoms with Crippen molar-refractivity contribution in [2.75, 3.05) is 5.43 Å². The Morgan fingerprint density at radius 3 is 2.82 bits per heavy atom. The summed E-state index contributed by atoms with van der Waals surface area (Å²) in [5.74, 6) is 0.296. The van der Waals surface area contributed by atoms with Gasteiger partial charge in [-0.2, -0.15) is 5.10 Å². The molecular weight excluding hydrogens is 218 g/mol. The number of hydrazone groups is 1. The average Bonchev–Trinajstić information content (AvgIpc) is 2.38. The quantitative estimate of drug-likeness (QED) is 0.314. The number of nitrogens with two attached hydrogens (primary N) is 1. The topological polar surface area (TPSA) is 96.4 Å². The second kappa shape index (κ2) is 4.93. The highest BCUT2D eigenvalue weighted by Gasteiger charge is 2.00. The van der Waals surface area contributed by atoms with Gasteiger partial charge in [0.1, 0.15) is 11.4 Å². The molecule has 4 N–H and O–H groups in total. The van der Waals surface area contributed by atoms with Gasteiger partial charge in [-0.1, -0.05) is 12.1 Å². The molecule has 17 heavy (non-hydrogen) atoms. The first-order valence-electron chi connectivity index (χ1n) is 4.91. The summed E-state index contributed by atoms with van der Waals surface area (Å²) in [4.78, 5) is 7.87. The third kappa shape index (κ3) is 2.69. The second-order valence-corrected chi connectivity index (χ2v) is 3.22. The first kappa shape index (κ1) is 10.9. The normalized spacial score (nSPS) is 11.2. The lowest BCUT2D eigenvalue weighted by atomic mass is 10.3. The minimum atomic E-state index is 0.100. The lowest BCUT2D eigenvalue weighted by Gasteiger charge is -2.04. The largest absolute Gasteiger partial charge is 0.506 e. The van der Waals surface area contributed by atoms with Gasteiger partial charge in [-0.25, -0.2) is 4.98 Å². The lowest BCUT2D eigenvalue weighted by Crippen LogP contribution is -2.17. The van der Waals surface area contributed by atoms with Crippen molar-refractivity contribution < 1.29 is 5.11 Å².